The van der Waals surface area contributed by atoms with Gasteiger partial charge in [-0.05, 0) is 46.8 Å². The molecule has 164 valence electrons. The predicted molar refractivity (Wildman–Crippen MR) is 148 cm³/mol. The van der Waals surface area contributed by atoms with Gasteiger partial charge in [0, 0.05) is 32.6 Å². The largest absolute Gasteiger partial charge is 0.454 e. The lowest BCUT2D eigenvalue weighted by molar-refractivity contribution is 0.671. The molecule has 0 amide bonds. The van der Waals surface area contributed by atoms with E-state index in [4.69, 9.17) is 4.42 Å². The van der Waals surface area contributed by atoms with E-state index in [0.717, 1.165) is 27.8 Å². The number of para-hydroxylation sites is 2. The minimum Gasteiger partial charge on any atom is -0.454 e. The van der Waals surface area contributed by atoms with Gasteiger partial charge in [0.1, 0.15) is 5.58 Å². The maximum atomic E-state index is 6.70. The van der Waals surface area contributed by atoms with Crippen LogP contribution in [-0.4, -0.2) is 4.57 Å². The zero-order valence-corrected chi connectivity index (χ0v) is 19.2. The van der Waals surface area contributed by atoms with Crippen LogP contribution in [0.2, 0.25) is 0 Å². The average molecular weight is 448 g/mol. The molecule has 0 radical (unpaired) electrons. The van der Waals surface area contributed by atoms with E-state index in [2.05, 4.69) is 121 Å². The van der Waals surface area contributed by atoms with Crippen molar-refractivity contribution < 1.29 is 4.42 Å². The number of aryl methyl sites for hydroxylation is 1. The molecule has 0 fully saturated rings. The number of rotatable bonds is 1. The quantitative estimate of drug-likeness (QED) is 0.245. The fourth-order valence-electron chi connectivity index (χ4n) is 6.07. The first kappa shape index (κ1) is 18.8. The summed E-state index contributed by atoms with van der Waals surface area (Å²) < 4.78 is 9.12. The first-order valence-corrected chi connectivity index (χ1v) is 12.0. The fourth-order valence-corrected chi connectivity index (χ4v) is 6.07. The van der Waals surface area contributed by atoms with Crippen LogP contribution in [0.3, 0.4) is 0 Å². The van der Waals surface area contributed by atoms with Crippen molar-refractivity contribution in [3.05, 3.63) is 115 Å². The molecule has 8 rings (SSSR count). The topological polar surface area (TPSA) is 18.1 Å². The van der Waals surface area contributed by atoms with Gasteiger partial charge in [-0.15, -0.1) is 0 Å². The van der Waals surface area contributed by atoms with Crippen molar-refractivity contribution in [1.29, 1.82) is 0 Å². The first-order valence-electron chi connectivity index (χ1n) is 12.0. The number of hydrogen-bond donors (Lipinski definition) is 0. The summed E-state index contributed by atoms with van der Waals surface area (Å²) in [5, 5.41) is 9.90. The molecule has 8 aromatic rings. The van der Waals surface area contributed by atoms with Gasteiger partial charge in [-0.3, -0.25) is 0 Å². The summed E-state index contributed by atoms with van der Waals surface area (Å²) in [6.07, 6.45) is 0. The molecule has 0 aliphatic carbocycles. The van der Waals surface area contributed by atoms with Crippen molar-refractivity contribution in [3.63, 3.8) is 0 Å². The van der Waals surface area contributed by atoms with Crippen LogP contribution in [0.25, 0.3) is 71.0 Å². The smallest absolute Gasteiger partial charge is 0.160 e. The van der Waals surface area contributed by atoms with E-state index in [1.165, 1.54) is 48.8 Å². The first-order chi connectivity index (χ1) is 17.3. The zero-order chi connectivity index (χ0) is 23.1. The summed E-state index contributed by atoms with van der Waals surface area (Å²) in [4.78, 5) is 0. The highest BCUT2D eigenvalue weighted by atomic mass is 16.3. The maximum absolute atomic E-state index is 6.70. The third-order valence-electron chi connectivity index (χ3n) is 7.44. The van der Waals surface area contributed by atoms with Gasteiger partial charge in [-0.25, -0.2) is 0 Å². The van der Waals surface area contributed by atoms with Crippen LogP contribution >= 0.6 is 0 Å². The Hall–Kier alpha value is -4.56. The Kier molecular flexibility index (Phi) is 3.62. The second-order valence-electron chi connectivity index (χ2n) is 9.38. The second kappa shape index (κ2) is 6.74. The molecule has 2 heterocycles. The monoisotopic (exact) mass is 447 g/mol. The highest BCUT2D eigenvalue weighted by Gasteiger charge is 2.24. The summed E-state index contributed by atoms with van der Waals surface area (Å²) in [5.74, 6) is 0. The second-order valence-corrected chi connectivity index (χ2v) is 9.38. The molecular formula is C33H21NO. The van der Waals surface area contributed by atoms with Gasteiger partial charge in [-0.1, -0.05) is 91.0 Å². The number of furan rings is 1. The average Bonchev–Trinajstić information content (AvgIpc) is 3.47. The van der Waals surface area contributed by atoms with Crippen molar-refractivity contribution in [2.24, 2.45) is 0 Å². The molecule has 0 bridgehead atoms. The number of hydrogen-bond acceptors (Lipinski definition) is 1. The molecule has 2 aromatic heterocycles. The molecule has 2 nitrogen and oxygen atoms in total. The molecule has 2 heteroatoms. The molecule has 6 aromatic carbocycles. The highest BCUT2D eigenvalue weighted by molar-refractivity contribution is 6.37. The van der Waals surface area contributed by atoms with Gasteiger partial charge in [0.25, 0.3) is 0 Å². The Morgan fingerprint density at radius 3 is 1.97 bits per heavy atom. The summed E-state index contributed by atoms with van der Waals surface area (Å²) in [6.45, 7) is 2.24. The Bertz CT molecular complexity index is 2110. The molecule has 0 saturated carbocycles. The van der Waals surface area contributed by atoms with E-state index in [1.807, 2.05) is 0 Å². The van der Waals surface area contributed by atoms with Crippen molar-refractivity contribution in [2.45, 2.75) is 6.92 Å². The molecule has 0 spiro atoms. The predicted octanol–water partition coefficient (Wildman–Crippen LogP) is 9.30. The Labute approximate surface area is 201 Å². The maximum Gasteiger partial charge on any atom is 0.160 e. The SMILES string of the molecule is Cc1cc2ccccc2c2c1c1c3ccccc3c3c4ccccc4oc3c1n2-c1ccccc1. The van der Waals surface area contributed by atoms with E-state index < -0.39 is 0 Å². The molecule has 0 saturated heterocycles. The zero-order valence-electron chi connectivity index (χ0n) is 19.2. The van der Waals surface area contributed by atoms with E-state index in [-0.39, 0.29) is 0 Å². The van der Waals surface area contributed by atoms with Crippen LogP contribution in [0.1, 0.15) is 5.56 Å². The van der Waals surface area contributed by atoms with E-state index >= 15 is 0 Å². The molecular weight excluding hydrogens is 426 g/mol. The van der Waals surface area contributed by atoms with Gasteiger partial charge in [-0.2, -0.15) is 0 Å². The van der Waals surface area contributed by atoms with Crippen LogP contribution in [0.4, 0.5) is 0 Å². The van der Waals surface area contributed by atoms with Crippen molar-refractivity contribution in [3.8, 4) is 5.69 Å². The summed E-state index contributed by atoms with van der Waals surface area (Å²) in [5.41, 5.74) is 6.66. The lowest BCUT2D eigenvalue weighted by atomic mass is 9.96. The lowest BCUT2D eigenvalue weighted by Gasteiger charge is -2.11. The van der Waals surface area contributed by atoms with Crippen LogP contribution in [0.5, 0.6) is 0 Å². The van der Waals surface area contributed by atoms with E-state index in [0.29, 0.717) is 0 Å². The highest BCUT2D eigenvalue weighted by Crippen LogP contribution is 2.47. The van der Waals surface area contributed by atoms with Gasteiger partial charge < -0.3 is 8.98 Å². The lowest BCUT2D eigenvalue weighted by Crippen LogP contribution is -1.95. The third kappa shape index (κ3) is 2.38. The molecule has 0 aliphatic heterocycles. The minimum atomic E-state index is 0.923. The van der Waals surface area contributed by atoms with Crippen LogP contribution in [0.15, 0.2) is 114 Å². The Balaban J connectivity index is 1.81. The van der Waals surface area contributed by atoms with Crippen molar-refractivity contribution >= 4 is 65.3 Å². The molecule has 0 unspecified atom stereocenters. The molecule has 0 atom stereocenters. The van der Waals surface area contributed by atoms with E-state index in [9.17, 15) is 0 Å². The van der Waals surface area contributed by atoms with Gasteiger partial charge in [0.15, 0.2) is 5.58 Å². The number of nitrogens with zero attached hydrogens (tertiary/aromatic N) is 1. The Morgan fingerprint density at radius 2 is 1.17 bits per heavy atom. The normalized spacial score (nSPS) is 12.1. The van der Waals surface area contributed by atoms with Gasteiger partial charge in [0.05, 0.1) is 11.0 Å². The minimum absolute atomic E-state index is 0.923. The van der Waals surface area contributed by atoms with Crippen molar-refractivity contribution in [1.82, 2.24) is 4.57 Å². The summed E-state index contributed by atoms with van der Waals surface area (Å²) in [7, 11) is 0. The number of fused-ring (bicyclic) bond motifs is 12. The van der Waals surface area contributed by atoms with Crippen LogP contribution in [-0.2, 0) is 0 Å². The number of aromatic nitrogens is 1. The van der Waals surface area contributed by atoms with Crippen molar-refractivity contribution in [2.75, 3.05) is 0 Å². The van der Waals surface area contributed by atoms with Gasteiger partial charge >= 0.3 is 0 Å². The third-order valence-corrected chi connectivity index (χ3v) is 7.44. The Morgan fingerprint density at radius 1 is 0.543 bits per heavy atom. The van der Waals surface area contributed by atoms with E-state index in [1.54, 1.807) is 0 Å². The fraction of sp³-hybridized carbons (Fsp3) is 0.0303. The summed E-state index contributed by atoms with van der Waals surface area (Å²) in [6, 6.07) is 38.9. The number of benzene rings is 6. The van der Waals surface area contributed by atoms with Gasteiger partial charge in [0.2, 0.25) is 0 Å². The van der Waals surface area contributed by atoms with Crippen LogP contribution < -0.4 is 0 Å². The molecule has 0 aliphatic rings. The molecule has 35 heavy (non-hydrogen) atoms. The van der Waals surface area contributed by atoms with Crippen LogP contribution in [0, 0.1) is 6.92 Å². The molecule has 0 N–H and O–H groups in total. The summed E-state index contributed by atoms with van der Waals surface area (Å²) >= 11 is 0. The standard InChI is InChI=1S/C33H21NO/c1-20-19-21-11-5-6-14-23(21)31-28(20)30-25-16-8-7-15-24(25)29-26-17-9-10-18-27(26)35-33(29)32(30)34(31)22-12-3-2-4-13-22/h2-19H,1H3.